The Bertz CT molecular complexity index is 172. The van der Waals surface area contributed by atoms with E-state index in [-0.39, 0.29) is 0 Å². The molecule has 0 unspecified atom stereocenters. The first kappa shape index (κ1) is 7.22. The quantitative estimate of drug-likeness (QED) is 0.581. The molecular weight excluding hydrogens is 124 g/mol. The molecule has 0 aliphatic heterocycles. The summed E-state index contributed by atoms with van der Waals surface area (Å²) >= 11 is 0. The molecule has 10 heavy (non-hydrogen) atoms. The first-order valence-electron chi connectivity index (χ1n) is 3.43. The van der Waals surface area contributed by atoms with Gasteiger partial charge in [0.15, 0.2) is 0 Å². The Balaban J connectivity index is 2.43. The Morgan fingerprint density at radius 1 is 1.60 bits per heavy atom. The largest absolute Gasteiger partial charge is 0.479 e. The van der Waals surface area contributed by atoms with Crippen LogP contribution in [-0.4, -0.2) is 11.5 Å². The third-order valence-corrected chi connectivity index (χ3v) is 1.36. The lowest BCUT2D eigenvalue weighted by Gasteiger charge is -1.98. The molecule has 0 aromatic carbocycles. The second-order valence-electron chi connectivity index (χ2n) is 2.19. The van der Waals surface area contributed by atoms with Crippen molar-refractivity contribution in [3.8, 4) is 0 Å². The number of pyridine rings is 1. The van der Waals surface area contributed by atoms with E-state index < -0.39 is 0 Å². The molecule has 0 saturated heterocycles. The lowest BCUT2D eigenvalue weighted by Crippen LogP contribution is -2.77. The van der Waals surface area contributed by atoms with Crippen LogP contribution in [0.4, 0.5) is 0 Å². The van der Waals surface area contributed by atoms with E-state index in [1.54, 1.807) is 6.20 Å². The van der Waals surface area contributed by atoms with Gasteiger partial charge in [0.25, 0.3) is 0 Å². The highest BCUT2D eigenvalue weighted by Gasteiger charge is 1.88. The standard InChI is InChI=1S/C8H12N2/c1-9-6-4-8-3-2-5-10-7-8/h2-3,5,7H,1,4,6,9H2. The predicted molar refractivity (Wildman–Crippen MR) is 40.1 cm³/mol. The second kappa shape index (κ2) is 4.01. The summed E-state index contributed by atoms with van der Waals surface area (Å²) in [6.07, 6.45) is 4.73. The highest BCUT2D eigenvalue weighted by Crippen LogP contribution is 1.93. The molecule has 0 aliphatic rings. The van der Waals surface area contributed by atoms with Gasteiger partial charge in [-0.3, -0.25) is 4.98 Å². The molecular formula is C8H12N2. The van der Waals surface area contributed by atoms with E-state index in [1.165, 1.54) is 5.56 Å². The molecule has 0 saturated carbocycles. The monoisotopic (exact) mass is 136 g/mol. The summed E-state index contributed by atoms with van der Waals surface area (Å²) in [7, 11) is 3.66. The van der Waals surface area contributed by atoms with Gasteiger partial charge in [0.05, 0.1) is 6.54 Å². The molecule has 0 radical (unpaired) electrons. The first-order valence-corrected chi connectivity index (χ1v) is 3.43. The zero-order chi connectivity index (χ0) is 7.23. The summed E-state index contributed by atoms with van der Waals surface area (Å²) < 4.78 is 0. The van der Waals surface area contributed by atoms with Crippen LogP contribution < -0.4 is 5.32 Å². The van der Waals surface area contributed by atoms with Crippen LogP contribution in [0.3, 0.4) is 0 Å². The van der Waals surface area contributed by atoms with Crippen LogP contribution in [0.5, 0.6) is 0 Å². The maximum atomic E-state index is 4.00. The molecule has 2 heteroatoms. The summed E-state index contributed by atoms with van der Waals surface area (Å²) in [5, 5.41) is 1.92. The Kier molecular flexibility index (Phi) is 2.90. The van der Waals surface area contributed by atoms with Crippen LogP contribution in [0, 0.1) is 7.05 Å². The maximum Gasteiger partial charge on any atom is 0.0557 e. The lowest BCUT2D eigenvalue weighted by atomic mass is 10.2. The minimum absolute atomic E-state index is 1.03. The fourth-order valence-electron chi connectivity index (χ4n) is 0.815. The van der Waals surface area contributed by atoms with Gasteiger partial charge in [-0.25, -0.2) is 0 Å². The van der Waals surface area contributed by atoms with E-state index >= 15 is 0 Å². The van der Waals surface area contributed by atoms with Crippen LogP contribution in [0.2, 0.25) is 0 Å². The molecule has 1 aromatic heterocycles. The number of hydrogen-bond acceptors (Lipinski definition) is 1. The summed E-state index contributed by atoms with van der Waals surface area (Å²) in [6, 6.07) is 4.04. The minimum atomic E-state index is 1.03. The van der Waals surface area contributed by atoms with E-state index in [4.69, 9.17) is 0 Å². The first-order chi connectivity index (χ1) is 4.93. The third kappa shape index (κ3) is 2.15. The Morgan fingerprint density at radius 3 is 3.10 bits per heavy atom. The molecule has 0 spiro atoms. The average molecular weight is 136 g/mol. The average Bonchev–Trinajstić information content (AvgIpc) is 2.03. The number of hydrogen-bond donors (Lipinski definition) is 1. The molecule has 0 fully saturated rings. The van der Waals surface area contributed by atoms with E-state index in [9.17, 15) is 0 Å². The molecule has 2 N–H and O–H groups in total. The van der Waals surface area contributed by atoms with Crippen molar-refractivity contribution in [1.29, 1.82) is 0 Å². The van der Waals surface area contributed by atoms with Gasteiger partial charge in [0, 0.05) is 18.8 Å². The van der Waals surface area contributed by atoms with Crippen molar-refractivity contribution in [2.45, 2.75) is 6.42 Å². The number of aromatic nitrogens is 1. The maximum absolute atomic E-state index is 4.00. The normalized spacial score (nSPS) is 9.70. The predicted octanol–water partition coefficient (Wildman–Crippen LogP) is -0.0209. The second-order valence-corrected chi connectivity index (χ2v) is 2.19. The molecule has 0 aliphatic carbocycles. The van der Waals surface area contributed by atoms with Gasteiger partial charge in [0.1, 0.15) is 0 Å². The zero-order valence-corrected chi connectivity index (χ0v) is 5.96. The van der Waals surface area contributed by atoms with Gasteiger partial charge in [-0.2, -0.15) is 7.05 Å². The Hall–Kier alpha value is -0.890. The zero-order valence-electron chi connectivity index (χ0n) is 5.96. The number of rotatable bonds is 3. The van der Waals surface area contributed by atoms with Crippen molar-refractivity contribution >= 4 is 0 Å². The van der Waals surface area contributed by atoms with Crippen molar-refractivity contribution in [1.82, 2.24) is 4.98 Å². The van der Waals surface area contributed by atoms with Crippen LogP contribution in [-0.2, 0) is 6.42 Å². The van der Waals surface area contributed by atoms with Crippen molar-refractivity contribution in [3.63, 3.8) is 0 Å². The molecule has 1 aromatic rings. The minimum Gasteiger partial charge on any atom is -0.479 e. The van der Waals surface area contributed by atoms with Crippen molar-refractivity contribution in [3.05, 3.63) is 37.1 Å². The Morgan fingerprint density at radius 2 is 2.50 bits per heavy atom. The molecule has 0 amide bonds. The van der Waals surface area contributed by atoms with Crippen LogP contribution in [0.1, 0.15) is 5.56 Å². The van der Waals surface area contributed by atoms with Crippen molar-refractivity contribution in [2.24, 2.45) is 0 Å². The molecule has 54 valence electrons. The van der Waals surface area contributed by atoms with E-state index in [1.807, 2.05) is 17.6 Å². The smallest absolute Gasteiger partial charge is 0.0557 e. The van der Waals surface area contributed by atoms with Crippen molar-refractivity contribution in [2.75, 3.05) is 6.54 Å². The van der Waals surface area contributed by atoms with E-state index in [0.717, 1.165) is 13.0 Å². The molecule has 0 bridgehead atoms. The third-order valence-electron chi connectivity index (χ3n) is 1.36. The van der Waals surface area contributed by atoms with Crippen LogP contribution in [0.15, 0.2) is 24.5 Å². The van der Waals surface area contributed by atoms with Gasteiger partial charge >= 0.3 is 0 Å². The summed E-state index contributed by atoms with van der Waals surface area (Å²) in [5.74, 6) is 0. The van der Waals surface area contributed by atoms with Gasteiger partial charge in [-0.05, 0) is 11.6 Å². The number of nitrogens with zero attached hydrogens (tertiary/aromatic N) is 1. The molecule has 1 heterocycles. The fourth-order valence-corrected chi connectivity index (χ4v) is 0.815. The number of nitrogens with two attached hydrogens (primary N) is 1. The summed E-state index contributed by atoms with van der Waals surface area (Å²) in [5.41, 5.74) is 1.28. The Labute approximate surface area is 61.3 Å². The SMILES string of the molecule is [CH2-][NH2+]CCc1cccnc1. The lowest BCUT2D eigenvalue weighted by molar-refractivity contribution is -0.594. The highest BCUT2D eigenvalue weighted by molar-refractivity contribution is 5.07. The van der Waals surface area contributed by atoms with E-state index in [0.29, 0.717) is 0 Å². The molecule has 1 rings (SSSR count). The number of quaternary nitrogens is 1. The summed E-state index contributed by atoms with van der Waals surface area (Å²) in [6.45, 7) is 1.03. The molecule has 0 atom stereocenters. The van der Waals surface area contributed by atoms with E-state index in [2.05, 4.69) is 18.1 Å². The van der Waals surface area contributed by atoms with Gasteiger partial charge in [-0.1, -0.05) is 6.07 Å². The summed E-state index contributed by atoms with van der Waals surface area (Å²) in [4.78, 5) is 4.00. The van der Waals surface area contributed by atoms with Crippen molar-refractivity contribution < 1.29 is 5.32 Å². The van der Waals surface area contributed by atoms with Crippen LogP contribution in [0.25, 0.3) is 0 Å². The fraction of sp³-hybridized carbons (Fsp3) is 0.250. The topological polar surface area (TPSA) is 29.5 Å². The van der Waals surface area contributed by atoms with Gasteiger partial charge in [0.2, 0.25) is 0 Å². The molecule has 2 nitrogen and oxygen atoms in total. The van der Waals surface area contributed by atoms with Gasteiger partial charge < -0.3 is 5.32 Å². The highest BCUT2D eigenvalue weighted by atomic mass is 14.8. The van der Waals surface area contributed by atoms with Crippen LogP contribution >= 0.6 is 0 Å². The van der Waals surface area contributed by atoms with Gasteiger partial charge in [-0.15, -0.1) is 0 Å².